The Morgan fingerprint density at radius 1 is 1.23 bits per heavy atom. The molecule has 26 heavy (non-hydrogen) atoms. The van der Waals surface area contributed by atoms with Crippen molar-refractivity contribution in [3.63, 3.8) is 0 Å². The topological polar surface area (TPSA) is 54.8 Å². The molecule has 0 aliphatic carbocycles. The van der Waals surface area contributed by atoms with Crippen LogP contribution in [0.2, 0.25) is 0 Å². The Morgan fingerprint density at radius 2 is 2.12 bits per heavy atom. The van der Waals surface area contributed by atoms with Crippen LogP contribution in [0.1, 0.15) is 42.5 Å². The lowest BCUT2D eigenvalue weighted by molar-refractivity contribution is -0.169. The van der Waals surface area contributed by atoms with E-state index in [-0.39, 0.29) is 12.4 Å². The molecule has 0 radical (unpaired) electrons. The van der Waals surface area contributed by atoms with Gasteiger partial charge >= 0.3 is 0 Å². The summed E-state index contributed by atoms with van der Waals surface area (Å²) in [6, 6.07) is 6.49. The van der Waals surface area contributed by atoms with Crippen LogP contribution in [0.4, 0.5) is 5.69 Å². The summed E-state index contributed by atoms with van der Waals surface area (Å²) in [5.74, 6) is 0. The van der Waals surface area contributed by atoms with E-state index < -0.39 is 0 Å². The molecule has 3 heterocycles. The number of benzene rings is 1. The van der Waals surface area contributed by atoms with E-state index in [1.807, 2.05) is 6.92 Å². The van der Waals surface area contributed by atoms with Crippen molar-refractivity contribution in [3.8, 4) is 0 Å². The third kappa shape index (κ3) is 3.70. The number of aliphatic hydroxyl groups excluding tert-OH is 1. The van der Waals surface area contributed by atoms with Gasteiger partial charge in [-0.3, -0.25) is 4.98 Å². The van der Waals surface area contributed by atoms with Crippen LogP contribution in [0, 0.1) is 13.8 Å². The standard InChI is InChI=1S/C21H28N2O3/c1-14-9-18-19(11-16(14)13-26-21-5-3-4-8-25-21)22-15(2)10-20(18)23-7-6-17(24)12-23/h9-11,17,21,24H,3-8,12-13H2,1-2H3/t17-,21?/m0/s1. The molecule has 2 aromatic rings. The lowest BCUT2D eigenvalue weighted by atomic mass is 10.0. The van der Waals surface area contributed by atoms with Gasteiger partial charge in [0.2, 0.25) is 0 Å². The van der Waals surface area contributed by atoms with Crippen LogP contribution in [0.3, 0.4) is 0 Å². The third-order valence-electron chi connectivity index (χ3n) is 5.44. The van der Waals surface area contributed by atoms with Crippen molar-refractivity contribution in [3.05, 3.63) is 35.0 Å². The molecule has 2 aliphatic heterocycles. The fourth-order valence-corrected chi connectivity index (χ4v) is 3.94. The van der Waals surface area contributed by atoms with E-state index >= 15 is 0 Å². The highest BCUT2D eigenvalue weighted by atomic mass is 16.7. The summed E-state index contributed by atoms with van der Waals surface area (Å²) in [4.78, 5) is 7.02. The normalized spacial score (nSPS) is 23.7. The highest BCUT2D eigenvalue weighted by Crippen LogP contribution is 2.32. The highest BCUT2D eigenvalue weighted by Gasteiger charge is 2.23. The van der Waals surface area contributed by atoms with Crippen molar-refractivity contribution in [2.75, 3.05) is 24.6 Å². The molecule has 5 heteroatoms. The number of hydrogen-bond donors (Lipinski definition) is 1. The largest absolute Gasteiger partial charge is 0.391 e. The highest BCUT2D eigenvalue weighted by molar-refractivity contribution is 5.93. The molecule has 0 saturated carbocycles. The van der Waals surface area contributed by atoms with Gasteiger partial charge in [0.25, 0.3) is 0 Å². The summed E-state index contributed by atoms with van der Waals surface area (Å²) in [5.41, 5.74) is 5.54. The first-order chi connectivity index (χ1) is 12.6. The first kappa shape index (κ1) is 17.7. The molecule has 140 valence electrons. The van der Waals surface area contributed by atoms with Crippen LogP contribution in [0.15, 0.2) is 18.2 Å². The molecule has 1 aromatic carbocycles. The van der Waals surface area contributed by atoms with Gasteiger partial charge in [-0.1, -0.05) is 0 Å². The predicted octanol–water partition coefficient (Wildman–Crippen LogP) is 3.47. The molecular weight excluding hydrogens is 328 g/mol. The summed E-state index contributed by atoms with van der Waals surface area (Å²) in [7, 11) is 0. The van der Waals surface area contributed by atoms with Crippen molar-refractivity contribution in [1.29, 1.82) is 0 Å². The molecule has 2 aliphatic rings. The van der Waals surface area contributed by atoms with Gasteiger partial charge in [-0.25, -0.2) is 0 Å². The van der Waals surface area contributed by atoms with Gasteiger partial charge in [-0.15, -0.1) is 0 Å². The second-order valence-corrected chi connectivity index (χ2v) is 7.57. The molecule has 0 bridgehead atoms. The Labute approximate surface area is 154 Å². The Bertz CT molecular complexity index is 786. The van der Waals surface area contributed by atoms with E-state index in [0.29, 0.717) is 13.2 Å². The van der Waals surface area contributed by atoms with Crippen LogP contribution in [-0.4, -0.2) is 42.2 Å². The van der Waals surface area contributed by atoms with Gasteiger partial charge in [-0.05, 0) is 68.9 Å². The Kier molecular flexibility index (Phi) is 5.11. The number of rotatable bonds is 4. The predicted molar refractivity (Wildman–Crippen MR) is 102 cm³/mol. The minimum Gasteiger partial charge on any atom is -0.391 e. The number of fused-ring (bicyclic) bond motifs is 1. The van der Waals surface area contributed by atoms with Gasteiger partial charge < -0.3 is 19.5 Å². The average molecular weight is 356 g/mol. The van der Waals surface area contributed by atoms with Crippen molar-refractivity contribution in [2.24, 2.45) is 0 Å². The molecule has 5 nitrogen and oxygen atoms in total. The number of ether oxygens (including phenoxy) is 2. The summed E-state index contributed by atoms with van der Waals surface area (Å²) in [6.45, 7) is 7.10. The number of nitrogens with zero attached hydrogens (tertiary/aromatic N) is 2. The summed E-state index contributed by atoms with van der Waals surface area (Å²) >= 11 is 0. The number of pyridine rings is 1. The fraction of sp³-hybridized carbons (Fsp3) is 0.571. The first-order valence-electron chi connectivity index (χ1n) is 9.67. The van der Waals surface area contributed by atoms with E-state index in [4.69, 9.17) is 14.5 Å². The van der Waals surface area contributed by atoms with E-state index in [9.17, 15) is 5.11 Å². The minimum atomic E-state index is -0.234. The van der Waals surface area contributed by atoms with Crippen LogP contribution in [0.25, 0.3) is 10.9 Å². The number of aromatic nitrogens is 1. The molecule has 0 amide bonds. The zero-order valence-electron chi connectivity index (χ0n) is 15.7. The van der Waals surface area contributed by atoms with Gasteiger partial charge in [0.1, 0.15) is 0 Å². The van der Waals surface area contributed by atoms with Crippen molar-refractivity contribution in [2.45, 2.75) is 58.5 Å². The Morgan fingerprint density at radius 3 is 2.85 bits per heavy atom. The molecule has 1 unspecified atom stereocenters. The zero-order valence-corrected chi connectivity index (χ0v) is 15.7. The molecule has 2 saturated heterocycles. The van der Waals surface area contributed by atoms with E-state index in [2.05, 4.69) is 30.0 Å². The molecular formula is C21H28N2O3. The number of aryl methyl sites for hydroxylation is 2. The van der Waals surface area contributed by atoms with Crippen LogP contribution in [0.5, 0.6) is 0 Å². The molecule has 2 atom stereocenters. The van der Waals surface area contributed by atoms with Gasteiger partial charge in [0.05, 0.1) is 18.2 Å². The van der Waals surface area contributed by atoms with Crippen molar-refractivity contribution < 1.29 is 14.6 Å². The van der Waals surface area contributed by atoms with Crippen LogP contribution >= 0.6 is 0 Å². The monoisotopic (exact) mass is 356 g/mol. The maximum Gasteiger partial charge on any atom is 0.158 e. The molecule has 1 aromatic heterocycles. The molecule has 4 rings (SSSR count). The average Bonchev–Trinajstić information content (AvgIpc) is 3.07. The van der Waals surface area contributed by atoms with Gasteiger partial charge in [0, 0.05) is 36.5 Å². The third-order valence-corrected chi connectivity index (χ3v) is 5.44. The number of β-amino-alcohol motifs (C(OH)–C–C–N with tert-alkyl or cyclic N) is 1. The number of aliphatic hydroxyl groups is 1. The molecule has 1 N–H and O–H groups in total. The molecule has 2 fully saturated rings. The van der Waals surface area contributed by atoms with Crippen LogP contribution < -0.4 is 4.90 Å². The fourth-order valence-electron chi connectivity index (χ4n) is 3.94. The van der Waals surface area contributed by atoms with E-state index in [1.165, 1.54) is 17.7 Å². The lowest BCUT2D eigenvalue weighted by Gasteiger charge is -2.24. The summed E-state index contributed by atoms with van der Waals surface area (Å²) < 4.78 is 11.7. The Balaban J connectivity index is 1.61. The SMILES string of the molecule is Cc1cc(N2CC[C@H](O)C2)c2cc(C)c(COC3CCCCO3)cc2n1. The summed E-state index contributed by atoms with van der Waals surface area (Å²) in [6.07, 6.45) is 3.80. The second kappa shape index (κ2) is 7.51. The maximum atomic E-state index is 9.91. The number of anilines is 1. The van der Waals surface area contributed by atoms with Gasteiger partial charge in [0.15, 0.2) is 6.29 Å². The maximum absolute atomic E-state index is 9.91. The Hall–Kier alpha value is -1.69. The second-order valence-electron chi connectivity index (χ2n) is 7.57. The summed E-state index contributed by atoms with van der Waals surface area (Å²) in [5, 5.41) is 11.1. The smallest absolute Gasteiger partial charge is 0.158 e. The van der Waals surface area contributed by atoms with E-state index in [1.54, 1.807) is 0 Å². The number of hydrogen-bond acceptors (Lipinski definition) is 5. The van der Waals surface area contributed by atoms with Crippen molar-refractivity contribution in [1.82, 2.24) is 4.98 Å². The first-order valence-corrected chi connectivity index (χ1v) is 9.67. The van der Waals surface area contributed by atoms with Crippen molar-refractivity contribution >= 4 is 16.6 Å². The minimum absolute atomic E-state index is 0.0778. The zero-order chi connectivity index (χ0) is 18.1. The lowest BCUT2D eigenvalue weighted by Crippen LogP contribution is -2.22. The quantitative estimate of drug-likeness (QED) is 0.909. The van der Waals surface area contributed by atoms with Crippen LogP contribution in [-0.2, 0) is 16.1 Å². The van der Waals surface area contributed by atoms with E-state index in [0.717, 1.165) is 54.6 Å². The van der Waals surface area contributed by atoms with Gasteiger partial charge in [-0.2, -0.15) is 0 Å². The molecule has 0 spiro atoms.